The van der Waals surface area contributed by atoms with E-state index in [0.717, 1.165) is 38.5 Å². The third-order valence-corrected chi connectivity index (χ3v) is 4.97. The number of aliphatic carboxylic acids is 1. The first-order valence-corrected chi connectivity index (χ1v) is 7.05. The van der Waals surface area contributed by atoms with Crippen molar-refractivity contribution in [2.75, 3.05) is 0 Å². The van der Waals surface area contributed by atoms with Gasteiger partial charge in [0.1, 0.15) is 0 Å². The van der Waals surface area contributed by atoms with Gasteiger partial charge >= 0.3 is 5.97 Å². The van der Waals surface area contributed by atoms with Crippen molar-refractivity contribution >= 4 is 5.97 Å². The summed E-state index contributed by atoms with van der Waals surface area (Å²) in [5.41, 5.74) is 2.20. The molecular weight excluding hydrogens is 224 g/mol. The fourth-order valence-corrected chi connectivity index (χ4v) is 4.03. The molecule has 2 nitrogen and oxygen atoms in total. The van der Waals surface area contributed by atoms with E-state index in [1.165, 1.54) is 17.5 Å². The van der Waals surface area contributed by atoms with E-state index in [4.69, 9.17) is 0 Å². The summed E-state index contributed by atoms with van der Waals surface area (Å²) in [6.45, 7) is 0. The van der Waals surface area contributed by atoms with Crippen LogP contribution < -0.4 is 0 Å². The quantitative estimate of drug-likeness (QED) is 0.860. The molecular formula is C16H20O2. The third kappa shape index (κ3) is 1.66. The Morgan fingerprint density at radius 3 is 2.61 bits per heavy atom. The Morgan fingerprint density at radius 1 is 1.17 bits per heavy atom. The highest BCUT2D eigenvalue weighted by atomic mass is 16.4. The average Bonchev–Trinajstić information content (AvgIpc) is 2.83. The monoisotopic (exact) mass is 244 g/mol. The molecule has 1 unspecified atom stereocenters. The Kier molecular flexibility index (Phi) is 2.89. The highest BCUT2D eigenvalue weighted by Crippen LogP contribution is 2.52. The van der Waals surface area contributed by atoms with E-state index in [9.17, 15) is 9.90 Å². The summed E-state index contributed by atoms with van der Waals surface area (Å²) >= 11 is 0. The van der Waals surface area contributed by atoms with Crippen molar-refractivity contribution in [3.05, 3.63) is 35.4 Å². The minimum Gasteiger partial charge on any atom is -0.481 e. The lowest BCUT2D eigenvalue weighted by molar-refractivity contribution is -0.153. The van der Waals surface area contributed by atoms with Crippen LogP contribution >= 0.6 is 0 Å². The number of hydrogen-bond acceptors (Lipinski definition) is 1. The first-order chi connectivity index (χ1) is 8.74. The van der Waals surface area contributed by atoms with Crippen LogP contribution in [0.15, 0.2) is 24.3 Å². The zero-order valence-electron chi connectivity index (χ0n) is 10.7. The van der Waals surface area contributed by atoms with E-state index >= 15 is 0 Å². The molecule has 1 aromatic rings. The molecule has 1 aromatic carbocycles. The smallest absolute Gasteiger partial charge is 0.310 e. The van der Waals surface area contributed by atoms with Gasteiger partial charge in [-0.25, -0.2) is 0 Å². The fourth-order valence-electron chi connectivity index (χ4n) is 4.03. The number of carboxylic acids is 1. The minimum absolute atomic E-state index is 0.242. The van der Waals surface area contributed by atoms with Crippen molar-refractivity contribution in [3.8, 4) is 0 Å². The molecule has 0 saturated heterocycles. The minimum atomic E-state index is -0.566. The van der Waals surface area contributed by atoms with Crippen molar-refractivity contribution in [1.29, 1.82) is 0 Å². The molecule has 1 atom stereocenters. The molecule has 2 aliphatic carbocycles. The fraction of sp³-hybridized carbons (Fsp3) is 0.562. The first kappa shape index (κ1) is 11.8. The summed E-state index contributed by atoms with van der Waals surface area (Å²) < 4.78 is 0. The Labute approximate surface area is 108 Å². The Hall–Kier alpha value is -1.31. The molecule has 1 N–H and O–H groups in total. The van der Waals surface area contributed by atoms with Crippen LogP contribution in [0.1, 0.15) is 55.6 Å². The number of aryl methyl sites for hydroxylation is 1. The molecule has 1 saturated carbocycles. The van der Waals surface area contributed by atoms with Crippen LogP contribution in [-0.4, -0.2) is 11.1 Å². The third-order valence-electron chi connectivity index (χ3n) is 4.97. The van der Waals surface area contributed by atoms with E-state index in [2.05, 4.69) is 24.3 Å². The summed E-state index contributed by atoms with van der Waals surface area (Å²) in [6.07, 6.45) is 7.14. The van der Waals surface area contributed by atoms with Crippen molar-refractivity contribution < 1.29 is 9.90 Å². The predicted molar refractivity (Wildman–Crippen MR) is 70.7 cm³/mol. The maximum atomic E-state index is 11.9. The van der Waals surface area contributed by atoms with Gasteiger partial charge in [0.25, 0.3) is 0 Å². The summed E-state index contributed by atoms with van der Waals surface area (Å²) in [4.78, 5) is 11.9. The molecule has 2 heteroatoms. The lowest BCUT2D eigenvalue weighted by atomic mass is 9.64. The SMILES string of the molecule is O=C(O)C1(C2CCc3ccccc32)CCCCC1. The number of rotatable bonds is 2. The molecule has 18 heavy (non-hydrogen) atoms. The van der Waals surface area contributed by atoms with Crippen molar-refractivity contribution in [3.63, 3.8) is 0 Å². The van der Waals surface area contributed by atoms with Crippen LogP contribution in [0.2, 0.25) is 0 Å². The molecule has 96 valence electrons. The first-order valence-electron chi connectivity index (χ1n) is 7.05. The lowest BCUT2D eigenvalue weighted by Crippen LogP contribution is -2.38. The second-order valence-electron chi connectivity index (χ2n) is 5.81. The van der Waals surface area contributed by atoms with E-state index < -0.39 is 11.4 Å². The van der Waals surface area contributed by atoms with Crippen LogP contribution in [-0.2, 0) is 11.2 Å². The number of carbonyl (C=O) groups is 1. The van der Waals surface area contributed by atoms with Crippen LogP contribution in [0.4, 0.5) is 0 Å². The Bertz CT molecular complexity index is 458. The van der Waals surface area contributed by atoms with Gasteiger partial charge in [-0.15, -0.1) is 0 Å². The molecule has 0 aromatic heterocycles. The van der Waals surface area contributed by atoms with E-state index in [0.29, 0.717) is 0 Å². The summed E-state index contributed by atoms with van der Waals surface area (Å²) in [7, 11) is 0. The number of fused-ring (bicyclic) bond motifs is 1. The highest BCUT2D eigenvalue weighted by Gasteiger charge is 2.48. The molecule has 0 bridgehead atoms. The molecule has 1 fully saturated rings. The molecule has 0 amide bonds. The molecule has 0 spiro atoms. The van der Waals surface area contributed by atoms with Crippen LogP contribution in [0, 0.1) is 5.41 Å². The van der Waals surface area contributed by atoms with Gasteiger partial charge in [0.2, 0.25) is 0 Å². The Morgan fingerprint density at radius 2 is 1.89 bits per heavy atom. The van der Waals surface area contributed by atoms with E-state index in [1.807, 2.05) is 0 Å². The molecule has 0 heterocycles. The van der Waals surface area contributed by atoms with Crippen LogP contribution in [0.5, 0.6) is 0 Å². The van der Waals surface area contributed by atoms with Gasteiger partial charge in [0.15, 0.2) is 0 Å². The predicted octanol–water partition coefficient (Wildman–Crippen LogP) is 3.75. The maximum absolute atomic E-state index is 11.9. The van der Waals surface area contributed by atoms with Gasteiger partial charge in [-0.1, -0.05) is 43.5 Å². The van der Waals surface area contributed by atoms with Gasteiger partial charge in [0.05, 0.1) is 5.41 Å². The summed E-state index contributed by atoms with van der Waals surface area (Å²) in [5.74, 6) is -0.324. The second-order valence-corrected chi connectivity index (χ2v) is 5.81. The van der Waals surface area contributed by atoms with Gasteiger partial charge in [-0.05, 0) is 36.8 Å². The number of carboxylic acid groups (broad SMARTS) is 1. The second kappa shape index (κ2) is 4.42. The number of hydrogen-bond donors (Lipinski definition) is 1. The zero-order chi connectivity index (χ0) is 12.6. The normalized spacial score (nSPS) is 25.7. The molecule has 3 rings (SSSR count). The molecule has 0 aliphatic heterocycles. The van der Waals surface area contributed by atoms with Crippen LogP contribution in [0.25, 0.3) is 0 Å². The summed E-state index contributed by atoms with van der Waals surface area (Å²) in [5, 5.41) is 9.77. The van der Waals surface area contributed by atoms with Crippen molar-refractivity contribution in [2.45, 2.75) is 50.9 Å². The molecule has 0 radical (unpaired) electrons. The van der Waals surface area contributed by atoms with Gasteiger partial charge < -0.3 is 5.11 Å². The van der Waals surface area contributed by atoms with Gasteiger partial charge in [-0.2, -0.15) is 0 Å². The summed E-state index contributed by atoms with van der Waals surface area (Å²) in [6, 6.07) is 8.42. The van der Waals surface area contributed by atoms with Crippen molar-refractivity contribution in [2.24, 2.45) is 5.41 Å². The highest BCUT2D eigenvalue weighted by molar-refractivity contribution is 5.76. The maximum Gasteiger partial charge on any atom is 0.310 e. The van der Waals surface area contributed by atoms with Gasteiger partial charge in [-0.3, -0.25) is 4.79 Å². The van der Waals surface area contributed by atoms with Crippen molar-refractivity contribution in [1.82, 2.24) is 0 Å². The number of benzene rings is 1. The largest absolute Gasteiger partial charge is 0.481 e. The Balaban J connectivity index is 2.00. The van der Waals surface area contributed by atoms with E-state index in [1.54, 1.807) is 0 Å². The zero-order valence-corrected chi connectivity index (χ0v) is 10.7. The lowest BCUT2D eigenvalue weighted by Gasteiger charge is -2.38. The van der Waals surface area contributed by atoms with Gasteiger partial charge in [0, 0.05) is 5.92 Å². The topological polar surface area (TPSA) is 37.3 Å². The molecule has 2 aliphatic rings. The standard InChI is InChI=1S/C16H20O2/c17-15(18)16(10-4-1-5-11-16)14-9-8-12-6-2-3-7-13(12)14/h2-3,6-7,14H,1,4-5,8-11H2,(H,17,18). The van der Waals surface area contributed by atoms with E-state index in [-0.39, 0.29) is 5.92 Å². The average molecular weight is 244 g/mol. The van der Waals surface area contributed by atoms with Crippen LogP contribution in [0.3, 0.4) is 0 Å².